The van der Waals surface area contributed by atoms with E-state index in [-0.39, 0.29) is 25.8 Å². The van der Waals surface area contributed by atoms with Crippen molar-refractivity contribution in [1.29, 1.82) is 0 Å². The van der Waals surface area contributed by atoms with Gasteiger partial charge in [-0.1, -0.05) is 30.3 Å². The molecule has 118 valence electrons. The normalized spacial score (nSPS) is 12.3. The van der Waals surface area contributed by atoms with Crippen molar-refractivity contribution in [2.75, 3.05) is 40.3 Å². The molecule has 0 aliphatic heterocycles. The van der Waals surface area contributed by atoms with Crippen molar-refractivity contribution >= 4 is 5.78 Å². The molecule has 6 heteroatoms. The van der Waals surface area contributed by atoms with Crippen molar-refractivity contribution in [3.05, 3.63) is 35.9 Å². The first-order chi connectivity index (χ1) is 10.3. The van der Waals surface area contributed by atoms with E-state index in [1.165, 1.54) is 0 Å². The zero-order chi connectivity index (χ0) is 15.3. The Kier molecular flexibility index (Phi) is 9.60. The van der Waals surface area contributed by atoms with Gasteiger partial charge >= 0.3 is 0 Å². The summed E-state index contributed by atoms with van der Waals surface area (Å²) in [5.74, 6) is -0.205. The van der Waals surface area contributed by atoms with Crippen LogP contribution in [0.2, 0.25) is 0 Å². The third kappa shape index (κ3) is 7.89. The lowest BCUT2D eigenvalue weighted by atomic mass is 10.1. The summed E-state index contributed by atoms with van der Waals surface area (Å²) in [6.45, 7) is 1.09. The number of nitrogens with one attached hydrogen (secondary N) is 1. The van der Waals surface area contributed by atoms with Gasteiger partial charge in [-0.05, 0) is 5.56 Å². The first-order valence-electron chi connectivity index (χ1n) is 6.83. The van der Waals surface area contributed by atoms with E-state index in [1.54, 1.807) is 7.11 Å². The van der Waals surface area contributed by atoms with Gasteiger partial charge in [0.05, 0.1) is 25.9 Å². The van der Waals surface area contributed by atoms with E-state index in [1.807, 2.05) is 30.3 Å². The summed E-state index contributed by atoms with van der Waals surface area (Å²) in [5.41, 5.74) is 1.05. The molecule has 2 N–H and O–H groups in total. The molecule has 1 atom stereocenters. The molecule has 1 unspecified atom stereocenters. The van der Waals surface area contributed by atoms with Gasteiger partial charge in [-0.25, -0.2) is 0 Å². The van der Waals surface area contributed by atoms with Crippen LogP contribution in [0.25, 0.3) is 0 Å². The Bertz CT molecular complexity index is 385. The molecule has 1 rings (SSSR count). The van der Waals surface area contributed by atoms with Crippen LogP contribution in [0.4, 0.5) is 0 Å². The number of benzene rings is 1. The summed E-state index contributed by atoms with van der Waals surface area (Å²) in [7, 11) is 1.58. The van der Waals surface area contributed by atoms with Crippen LogP contribution in [-0.4, -0.2) is 57.3 Å². The fourth-order valence-electron chi connectivity index (χ4n) is 1.62. The Labute approximate surface area is 125 Å². The number of Topliss-reactive ketones (excluding diaryl/α,β-unsaturated/α-hetero) is 1. The maximum Gasteiger partial charge on any atom is 0.177 e. The molecule has 0 aliphatic rings. The summed E-state index contributed by atoms with van der Waals surface area (Å²) < 4.78 is 15.0. The van der Waals surface area contributed by atoms with Crippen molar-refractivity contribution < 1.29 is 24.1 Å². The Hall–Kier alpha value is -1.31. The van der Waals surface area contributed by atoms with Crippen molar-refractivity contribution in [1.82, 2.24) is 5.32 Å². The van der Waals surface area contributed by atoms with Crippen molar-refractivity contribution in [3.8, 4) is 0 Å². The van der Waals surface area contributed by atoms with Crippen LogP contribution in [0.5, 0.6) is 0 Å². The SMILES string of the molecule is COCCOCOCC(=O)C(CO)NCc1ccccc1. The second-order valence-electron chi connectivity index (χ2n) is 4.44. The van der Waals surface area contributed by atoms with Gasteiger partial charge in [-0.2, -0.15) is 0 Å². The maximum atomic E-state index is 11.9. The number of aliphatic hydroxyl groups is 1. The van der Waals surface area contributed by atoms with Crippen LogP contribution >= 0.6 is 0 Å². The first-order valence-corrected chi connectivity index (χ1v) is 6.83. The highest BCUT2D eigenvalue weighted by Crippen LogP contribution is 1.99. The molecule has 0 aliphatic carbocycles. The summed E-state index contributed by atoms with van der Waals surface area (Å²) in [6, 6.07) is 9.04. The highest BCUT2D eigenvalue weighted by Gasteiger charge is 2.16. The highest BCUT2D eigenvalue weighted by molar-refractivity contribution is 5.85. The summed E-state index contributed by atoms with van der Waals surface area (Å²) in [4.78, 5) is 11.9. The van der Waals surface area contributed by atoms with E-state index in [4.69, 9.17) is 14.2 Å². The van der Waals surface area contributed by atoms with Crippen LogP contribution in [0.3, 0.4) is 0 Å². The minimum Gasteiger partial charge on any atom is -0.394 e. The van der Waals surface area contributed by atoms with Gasteiger partial charge in [0.25, 0.3) is 0 Å². The number of hydrogen-bond donors (Lipinski definition) is 2. The highest BCUT2D eigenvalue weighted by atomic mass is 16.7. The van der Waals surface area contributed by atoms with Gasteiger partial charge in [0.1, 0.15) is 13.4 Å². The van der Waals surface area contributed by atoms with Crippen molar-refractivity contribution in [3.63, 3.8) is 0 Å². The molecule has 0 heterocycles. The van der Waals surface area contributed by atoms with Gasteiger partial charge < -0.3 is 24.6 Å². The standard InChI is InChI=1S/C15H23NO5/c1-19-7-8-20-12-21-11-15(18)14(10-17)16-9-13-5-3-2-4-6-13/h2-6,14,16-17H,7-12H2,1H3. The lowest BCUT2D eigenvalue weighted by molar-refractivity contribution is -0.133. The Morgan fingerprint density at radius 1 is 1.24 bits per heavy atom. The summed E-state index contributed by atoms with van der Waals surface area (Å²) in [6.07, 6.45) is 0. The van der Waals surface area contributed by atoms with Crippen molar-refractivity contribution in [2.24, 2.45) is 0 Å². The molecule has 0 aromatic heterocycles. The zero-order valence-electron chi connectivity index (χ0n) is 12.3. The lowest BCUT2D eigenvalue weighted by Gasteiger charge is -2.15. The van der Waals surface area contributed by atoms with Gasteiger partial charge in [-0.15, -0.1) is 0 Å². The molecule has 1 aromatic rings. The molecule has 0 spiro atoms. The quantitative estimate of drug-likeness (QED) is 0.428. The molecule has 0 amide bonds. The average molecular weight is 297 g/mol. The number of ether oxygens (including phenoxy) is 3. The second kappa shape index (κ2) is 11.4. The smallest absolute Gasteiger partial charge is 0.177 e. The van der Waals surface area contributed by atoms with E-state index in [0.717, 1.165) is 5.56 Å². The molecule has 21 heavy (non-hydrogen) atoms. The minimum absolute atomic E-state index is 0.0337. The van der Waals surface area contributed by atoms with Crippen LogP contribution < -0.4 is 5.32 Å². The van der Waals surface area contributed by atoms with E-state index < -0.39 is 6.04 Å². The predicted octanol–water partition coefficient (Wildman–Crippen LogP) is 0.343. The van der Waals surface area contributed by atoms with E-state index in [9.17, 15) is 9.90 Å². The lowest BCUT2D eigenvalue weighted by Crippen LogP contribution is -2.41. The number of hydrogen-bond acceptors (Lipinski definition) is 6. The van der Waals surface area contributed by atoms with E-state index in [2.05, 4.69) is 5.32 Å². The molecule has 0 fully saturated rings. The zero-order valence-corrected chi connectivity index (χ0v) is 12.3. The van der Waals surface area contributed by atoms with Gasteiger partial charge in [-0.3, -0.25) is 4.79 Å². The molecule has 0 saturated carbocycles. The van der Waals surface area contributed by atoms with Gasteiger partial charge in [0.2, 0.25) is 0 Å². The van der Waals surface area contributed by atoms with Crippen LogP contribution in [0.15, 0.2) is 30.3 Å². The number of rotatable bonds is 12. The largest absolute Gasteiger partial charge is 0.394 e. The summed E-state index contributed by atoms with van der Waals surface area (Å²) >= 11 is 0. The number of carbonyl (C=O) groups excluding carboxylic acids is 1. The predicted molar refractivity (Wildman–Crippen MR) is 77.8 cm³/mol. The third-order valence-electron chi connectivity index (χ3n) is 2.81. The van der Waals surface area contributed by atoms with Gasteiger partial charge in [0, 0.05) is 13.7 Å². The monoisotopic (exact) mass is 297 g/mol. The molecular formula is C15H23NO5. The fraction of sp³-hybridized carbons (Fsp3) is 0.533. The minimum atomic E-state index is -0.635. The number of aliphatic hydroxyl groups excluding tert-OH is 1. The summed E-state index contributed by atoms with van der Waals surface area (Å²) in [5, 5.41) is 12.3. The molecule has 0 bridgehead atoms. The second-order valence-corrected chi connectivity index (χ2v) is 4.44. The first kappa shape index (κ1) is 17.7. The fourth-order valence-corrected chi connectivity index (χ4v) is 1.62. The van der Waals surface area contributed by atoms with Gasteiger partial charge in [0.15, 0.2) is 5.78 Å². The molecule has 6 nitrogen and oxygen atoms in total. The number of ketones is 1. The molecule has 0 saturated heterocycles. The average Bonchev–Trinajstić information content (AvgIpc) is 2.52. The number of carbonyl (C=O) groups is 1. The Morgan fingerprint density at radius 2 is 2.00 bits per heavy atom. The van der Waals surface area contributed by atoms with Crippen LogP contribution in [0, 0.1) is 0 Å². The molecular weight excluding hydrogens is 274 g/mol. The van der Waals surface area contributed by atoms with E-state index in [0.29, 0.717) is 19.8 Å². The Balaban J connectivity index is 2.20. The van der Waals surface area contributed by atoms with E-state index >= 15 is 0 Å². The maximum absolute atomic E-state index is 11.9. The molecule has 0 radical (unpaired) electrons. The van der Waals surface area contributed by atoms with Crippen LogP contribution in [0.1, 0.15) is 5.56 Å². The van der Waals surface area contributed by atoms with Crippen LogP contribution in [-0.2, 0) is 25.5 Å². The van der Waals surface area contributed by atoms with Crippen molar-refractivity contribution in [2.45, 2.75) is 12.6 Å². The molecule has 1 aromatic carbocycles. The topological polar surface area (TPSA) is 77.0 Å². The Morgan fingerprint density at radius 3 is 2.67 bits per heavy atom. The number of methoxy groups -OCH3 is 1. The third-order valence-corrected chi connectivity index (χ3v) is 2.81.